The fraction of sp³-hybridized carbons (Fsp3) is 0.353. The second-order valence-electron chi connectivity index (χ2n) is 5.49. The summed E-state index contributed by atoms with van der Waals surface area (Å²) < 4.78 is 18.5. The highest BCUT2D eigenvalue weighted by molar-refractivity contribution is 5.72. The number of hydrogen-bond acceptors (Lipinski definition) is 5. The standard InChI is InChI=1S/C17H21FN4O2/c1-13(23)21(2)9-4-10-22(3)16-11-19-12-17(20-16)24-15-7-5-14(18)6-8-15/h5-8,11-12H,4,9-10H2,1-3H3. The molecule has 1 amide bonds. The van der Waals surface area contributed by atoms with Crippen molar-refractivity contribution in [2.24, 2.45) is 0 Å². The number of amides is 1. The molecule has 7 heteroatoms. The molecule has 2 aromatic rings. The van der Waals surface area contributed by atoms with E-state index in [1.807, 2.05) is 11.9 Å². The van der Waals surface area contributed by atoms with Crippen LogP contribution in [-0.2, 0) is 4.79 Å². The van der Waals surface area contributed by atoms with Gasteiger partial charge in [-0.1, -0.05) is 0 Å². The number of rotatable bonds is 7. The molecule has 0 radical (unpaired) electrons. The Labute approximate surface area is 140 Å². The van der Waals surface area contributed by atoms with Crippen LogP contribution in [0, 0.1) is 5.82 Å². The number of aromatic nitrogens is 2. The molecule has 0 unspecified atom stereocenters. The molecule has 0 aliphatic heterocycles. The van der Waals surface area contributed by atoms with Crippen molar-refractivity contribution in [2.75, 3.05) is 32.1 Å². The number of nitrogens with zero attached hydrogens (tertiary/aromatic N) is 4. The highest BCUT2D eigenvalue weighted by Crippen LogP contribution is 2.21. The van der Waals surface area contributed by atoms with E-state index in [-0.39, 0.29) is 11.7 Å². The van der Waals surface area contributed by atoms with Gasteiger partial charge in [0.15, 0.2) is 5.82 Å². The summed E-state index contributed by atoms with van der Waals surface area (Å²) in [4.78, 5) is 23.3. The molecular weight excluding hydrogens is 311 g/mol. The SMILES string of the molecule is CC(=O)N(C)CCCN(C)c1cncc(Oc2ccc(F)cc2)n1. The van der Waals surface area contributed by atoms with Crippen molar-refractivity contribution in [3.05, 3.63) is 42.5 Å². The summed E-state index contributed by atoms with van der Waals surface area (Å²) in [6, 6.07) is 5.71. The van der Waals surface area contributed by atoms with E-state index in [1.165, 1.54) is 30.5 Å². The van der Waals surface area contributed by atoms with Crippen molar-refractivity contribution in [2.45, 2.75) is 13.3 Å². The molecule has 0 aliphatic carbocycles. The van der Waals surface area contributed by atoms with Gasteiger partial charge in [-0.05, 0) is 30.7 Å². The van der Waals surface area contributed by atoms with E-state index in [2.05, 4.69) is 9.97 Å². The minimum atomic E-state index is -0.322. The number of carbonyl (C=O) groups is 1. The summed E-state index contributed by atoms with van der Waals surface area (Å²) in [5, 5.41) is 0. The first-order valence-corrected chi connectivity index (χ1v) is 7.64. The average molecular weight is 332 g/mol. The van der Waals surface area contributed by atoms with Crippen molar-refractivity contribution >= 4 is 11.7 Å². The Bertz CT molecular complexity index is 679. The number of halogens is 1. The van der Waals surface area contributed by atoms with E-state index < -0.39 is 0 Å². The lowest BCUT2D eigenvalue weighted by Gasteiger charge is -2.20. The average Bonchev–Trinajstić information content (AvgIpc) is 2.57. The van der Waals surface area contributed by atoms with Gasteiger partial charge in [-0.3, -0.25) is 9.78 Å². The molecule has 0 fully saturated rings. The quantitative estimate of drug-likeness (QED) is 0.780. The predicted molar refractivity (Wildman–Crippen MR) is 89.7 cm³/mol. The molecule has 0 bridgehead atoms. The molecule has 1 aromatic heterocycles. The van der Waals surface area contributed by atoms with Gasteiger partial charge in [0.2, 0.25) is 11.8 Å². The summed E-state index contributed by atoms with van der Waals surface area (Å²) in [6.07, 6.45) is 3.97. The Morgan fingerprint density at radius 1 is 1.17 bits per heavy atom. The molecule has 0 spiro atoms. The Hall–Kier alpha value is -2.70. The predicted octanol–water partition coefficient (Wildman–Crippen LogP) is 2.71. The first-order chi connectivity index (χ1) is 11.5. The third-order valence-corrected chi connectivity index (χ3v) is 3.55. The largest absolute Gasteiger partial charge is 0.437 e. The monoisotopic (exact) mass is 332 g/mol. The molecule has 24 heavy (non-hydrogen) atoms. The van der Waals surface area contributed by atoms with Gasteiger partial charge in [0.1, 0.15) is 11.6 Å². The van der Waals surface area contributed by atoms with E-state index >= 15 is 0 Å². The van der Waals surface area contributed by atoms with Gasteiger partial charge >= 0.3 is 0 Å². The van der Waals surface area contributed by atoms with Gasteiger partial charge in [-0.2, -0.15) is 4.98 Å². The Kier molecular flexibility index (Phi) is 6.06. The maximum atomic E-state index is 12.9. The number of ether oxygens (including phenoxy) is 1. The van der Waals surface area contributed by atoms with E-state index in [9.17, 15) is 9.18 Å². The molecule has 0 atom stereocenters. The van der Waals surface area contributed by atoms with Gasteiger partial charge in [0.05, 0.1) is 12.4 Å². The molecule has 2 rings (SSSR count). The minimum Gasteiger partial charge on any atom is -0.437 e. The molecule has 6 nitrogen and oxygen atoms in total. The molecule has 0 saturated carbocycles. The van der Waals surface area contributed by atoms with Crippen molar-refractivity contribution in [3.8, 4) is 11.6 Å². The Balaban J connectivity index is 1.93. The second-order valence-corrected chi connectivity index (χ2v) is 5.49. The van der Waals surface area contributed by atoms with Crippen LogP contribution in [0.2, 0.25) is 0 Å². The normalized spacial score (nSPS) is 10.3. The van der Waals surface area contributed by atoms with Crippen molar-refractivity contribution in [1.29, 1.82) is 0 Å². The summed E-state index contributed by atoms with van der Waals surface area (Å²) >= 11 is 0. The molecule has 1 aromatic carbocycles. The summed E-state index contributed by atoms with van der Waals surface area (Å²) in [7, 11) is 3.68. The molecule has 0 aliphatic rings. The van der Waals surface area contributed by atoms with Crippen LogP contribution in [0.5, 0.6) is 11.6 Å². The number of hydrogen-bond donors (Lipinski definition) is 0. The smallest absolute Gasteiger partial charge is 0.239 e. The van der Waals surface area contributed by atoms with E-state index in [0.717, 1.165) is 13.0 Å². The van der Waals surface area contributed by atoms with Crippen LogP contribution in [0.1, 0.15) is 13.3 Å². The fourth-order valence-corrected chi connectivity index (χ4v) is 2.01. The summed E-state index contributed by atoms with van der Waals surface area (Å²) in [6.45, 7) is 2.95. The van der Waals surface area contributed by atoms with Gasteiger partial charge in [-0.25, -0.2) is 4.39 Å². The second kappa shape index (κ2) is 8.24. The number of benzene rings is 1. The van der Waals surface area contributed by atoms with Crippen LogP contribution in [-0.4, -0.2) is 48.0 Å². The fourth-order valence-electron chi connectivity index (χ4n) is 2.01. The van der Waals surface area contributed by atoms with Crippen LogP contribution in [0.3, 0.4) is 0 Å². The van der Waals surface area contributed by atoms with E-state index in [1.54, 1.807) is 25.1 Å². The first-order valence-electron chi connectivity index (χ1n) is 7.64. The van der Waals surface area contributed by atoms with Gasteiger partial charge in [0, 0.05) is 34.1 Å². The van der Waals surface area contributed by atoms with Gasteiger partial charge < -0.3 is 14.5 Å². The van der Waals surface area contributed by atoms with E-state index in [4.69, 9.17) is 4.74 Å². The van der Waals surface area contributed by atoms with Crippen LogP contribution >= 0.6 is 0 Å². The van der Waals surface area contributed by atoms with E-state index in [0.29, 0.717) is 24.0 Å². The molecule has 0 saturated heterocycles. The zero-order valence-corrected chi connectivity index (χ0v) is 14.1. The maximum absolute atomic E-state index is 12.9. The maximum Gasteiger partial charge on any atom is 0.239 e. The zero-order chi connectivity index (χ0) is 17.5. The molecular formula is C17H21FN4O2. The Morgan fingerprint density at radius 2 is 1.88 bits per heavy atom. The minimum absolute atomic E-state index is 0.0483. The van der Waals surface area contributed by atoms with Crippen LogP contribution < -0.4 is 9.64 Å². The van der Waals surface area contributed by atoms with Crippen LogP contribution in [0.25, 0.3) is 0 Å². The molecule has 1 heterocycles. The first kappa shape index (κ1) is 17.7. The van der Waals surface area contributed by atoms with Crippen LogP contribution in [0.15, 0.2) is 36.7 Å². The number of carbonyl (C=O) groups excluding carboxylic acids is 1. The lowest BCUT2D eigenvalue weighted by atomic mass is 10.3. The zero-order valence-electron chi connectivity index (χ0n) is 14.1. The molecule has 0 N–H and O–H groups in total. The third kappa shape index (κ3) is 5.19. The van der Waals surface area contributed by atoms with Gasteiger partial charge in [0.25, 0.3) is 0 Å². The summed E-state index contributed by atoms with van der Waals surface area (Å²) in [5.74, 6) is 1.23. The summed E-state index contributed by atoms with van der Waals surface area (Å²) in [5.41, 5.74) is 0. The molecule has 128 valence electrons. The highest BCUT2D eigenvalue weighted by Gasteiger charge is 2.08. The highest BCUT2D eigenvalue weighted by atomic mass is 19.1. The third-order valence-electron chi connectivity index (χ3n) is 3.55. The van der Waals surface area contributed by atoms with Crippen molar-refractivity contribution in [3.63, 3.8) is 0 Å². The van der Waals surface area contributed by atoms with Gasteiger partial charge in [-0.15, -0.1) is 0 Å². The van der Waals surface area contributed by atoms with Crippen LogP contribution in [0.4, 0.5) is 10.2 Å². The Morgan fingerprint density at radius 3 is 2.54 bits per heavy atom. The number of anilines is 1. The van der Waals surface area contributed by atoms with Crippen molar-refractivity contribution < 1.29 is 13.9 Å². The van der Waals surface area contributed by atoms with Crippen molar-refractivity contribution in [1.82, 2.24) is 14.9 Å². The lowest BCUT2D eigenvalue weighted by Crippen LogP contribution is -2.28. The topological polar surface area (TPSA) is 58.6 Å². The lowest BCUT2D eigenvalue weighted by molar-refractivity contribution is -0.127.